The zero-order valence-corrected chi connectivity index (χ0v) is 7.70. The number of hydrogen-bond donors (Lipinski definition) is 1. The molecule has 0 bridgehead atoms. The van der Waals surface area contributed by atoms with Gasteiger partial charge in [-0.15, -0.1) is 0 Å². The first-order valence-electron chi connectivity index (χ1n) is 3.83. The highest BCUT2D eigenvalue weighted by Gasteiger charge is 2.03. The van der Waals surface area contributed by atoms with Crippen LogP contribution in [-0.4, -0.2) is 27.3 Å². The van der Waals surface area contributed by atoms with Crippen LogP contribution in [-0.2, 0) is 13.6 Å². The van der Waals surface area contributed by atoms with Crippen molar-refractivity contribution in [1.82, 2.24) is 14.5 Å². The third kappa shape index (κ3) is 1.84. The molecule has 66 valence electrons. The predicted octanol–water partition coefficient (Wildman–Crippen LogP) is 0.849. The Hall–Kier alpha value is -1.32. The van der Waals surface area contributed by atoms with Crippen molar-refractivity contribution < 1.29 is 0 Å². The quantitative estimate of drug-likeness (QED) is 0.523. The van der Waals surface area contributed by atoms with Gasteiger partial charge in [-0.05, 0) is 6.92 Å². The van der Waals surface area contributed by atoms with Gasteiger partial charge in [0.1, 0.15) is 5.82 Å². The summed E-state index contributed by atoms with van der Waals surface area (Å²) >= 11 is 0. The Kier molecular flexibility index (Phi) is 2.47. The maximum absolute atomic E-state index is 7.36. The minimum atomic E-state index is 0.554. The number of imidazole rings is 1. The largest absolute Gasteiger partial charge is 0.356 e. The molecule has 0 aliphatic carbocycles. The third-order valence-corrected chi connectivity index (χ3v) is 1.87. The van der Waals surface area contributed by atoms with Gasteiger partial charge in [-0.1, -0.05) is 0 Å². The van der Waals surface area contributed by atoms with Gasteiger partial charge in [-0.25, -0.2) is 4.98 Å². The van der Waals surface area contributed by atoms with Crippen molar-refractivity contribution in [3.8, 4) is 0 Å². The summed E-state index contributed by atoms with van der Waals surface area (Å²) in [5.74, 6) is 1.53. The monoisotopic (exact) mass is 166 g/mol. The van der Waals surface area contributed by atoms with Crippen molar-refractivity contribution in [2.45, 2.75) is 13.5 Å². The van der Waals surface area contributed by atoms with Crippen molar-refractivity contribution in [2.24, 2.45) is 7.05 Å². The van der Waals surface area contributed by atoms with E-state index in [4.69, 9.17) is 5.41 Å². The van der Waals surface area contributed by atoms with Crippen molar-refractivity contribution >= 4 is 5.84 Å². The summed E-state index contributed by atoms with van der Waals surface area (Å²) in [6.07, 6.45) is 3.67. The van der Waals surface area contributed by atoms with E-state index in [1.807, 2.05) is 29.8 Å². The molecule has 1 aromatic rings. The molecule has 0 radical (unpaired) electrons. The molecule has 0 spiro atoms. The Morgan fingerprint density at radius 2 is 2.42 bits per heavy atom. The average Bonchev–Trinajstić information content (AvgIpc) is 2.36. The van der Waals surface area contributed by atoms with E-state index in [1.54, 1.807) is 13.1 Å². The van der Waals surface area contributed by atoms with E-state index in [-0.39, 0.29) is 0 Å². The summed E-state index contributed by atoms with van der Waals surface area (Å²) in [6, 6.07) is 0. The Labute approximate surface area is 72.3 Å². The summed E-state index contributed by atoms with van der Waals surface area (Å²) in [5, 5.41) is 7.36. The standard InChI is InChI=1S/C8H14N4/c1-7(9)12(3)6-8-10-4-5-11(8)2/h4-5,9H,6H2,1-3H3. The number of aromatic nitrogens is 2. The van der Waals surface area contributed by atoms with Gasteiger partial charge in [0.15, 0.2) is 0 Å². The van der Waals surface area contributed by atoms with E-state index >= 15 is 0 Å². The highest BCUT2D eigenvalue weighted by atomic mass is 15.2. The lowest BCUT2D eigenvalue weighted by Crippen LogP contribution is -2.24. The molecule has 1 aromatic heterocycles. The second-order valence-corrected chi connectivity index (χ2v) is 2.90. The van der Waals surface area contributed by atoms with Crippen LogP contribution < -0.4 is 0 Å². The van der Waals surface area contributed by atoms with Crippen LogP contribution >= 0.6 is 0 Å². The predicted molar refractivity (Wildman–Crippen MR) is 48.1 cm³/mol. The Balaban J connectivity index is 2.64. The molecule has 0 fully saturated rings. The van der Waals surface area contributed by atoms with Gasteiger partial charge in [-0.3, -0.25) is 5.41 Å². The van der Waals surface area contributed by atoms with Gasteiger partial charge < -0.3 is 9.47 Å². The average molecular weight is 166 g/mol. The van der Waals surface area contributed by atoms with E-state index in [2.05, 4.69) is 4.98 Å². The molecule has 4 heteroatoms. The topological polar surface area (TPSA) is 44.9 Å². The van der Waals surface area contributed by atoms with E-state index in [0.717, 1.165) is 5.82 Å². The number of nitrogens with zero attached hydrogens (tertiary/aromatic N) is 3. The van der Waals surface area contributed by atoms with Crippen molar-refractivity contribution in [1.29, 1.82) is 5.41 Å². The molecule has 4 nitrogen and oxygen atoms in total. The van der Waals surface area contributed by atoms with Crippen LogP contribution in [0.25, 0.3) is 0 Å². The smallest absolute Gasteiger partial charge is 0.128 e. The Morgan fingerprint density at radius 3 is 2.83 bits per heavy atom. The maximum Gasteiger partial charge on any atom is 0.128 e. The first kappa shape index (κ1) is 8.77. The number of rotatable bonds is 2. The molecule has 1 heterocycles. The van der Waals surface area contributed by atoms with Gasteiger partial charge in [0.2, 0.25) is 0 Å². The molecule has 0 aliphatic rings. The fraction of sp³-hybridized carbons (Fsp3) is 0.500. The lowest BCUT2D eigenvalue weighted by molar-refractivity contribution is 0.468. The van der Waals surface area contributed by atoms with Crippen LogP contribution in [0.1, 0.15) is 12.7 Å². The zero-order valence-electron chi connectivity index (χ0n) is 7.70. The minimum absolute atomic E-state index is 0.554. The Morgan fingerprint density at radius 1 is 1.75 bits per heavy atom. The van der Waals surface area contributed by atoms with Gasteiger partial charge in [0.25, 0.3) is 0 Å². The summed E-state index contributed by atoms with van der Waals surface area (Å²) in [5.41, 5.74) is 0. The minimum Gasteiger partial charge on any atom is -0.356 e. The van der Waals surface area contributed by atoms with Gasteiger partial charge in [0.05, 0.1) is 12.4 Å². The first-order chi connectivity index (χ1) is 5.61. The summed E-state index contributed by atoms with van der Waals surface area (Å²) in [7, 11) is 3.84. The molecule has 0 aromatic carbocycles. The number of aryl methyl sites for hydroxylation is 1. The number of nitrogens with one attached hydrogen (secondary N) is 1. The molecule has 0 saturated carbocycles. The summed E-state index contributed by atoms with van der Waals surface area (Å²) < 4.78 is 1.96. The SMILES string of the molecule is CC(=N)N(C)Cc1nccn1C. The normalized spacial score (nSPS) is 9.92. The van der Waals surface area contributed by atoms with Crippen LogP contribution in [0.5, 0.6) is 0 Å². The maximum atomic E-state index is 7.36. The third-order valence-electron chi connectivity index (χ3n) is 1.87. The second kappa shape index (κ2) is 3.38. The number of amidine groups is 1. The molecule has 1 N–H and O–H groups in total. The van der Waals surface area contributed by atoms with Crippen LogP contribution in [0.3, 0.4) is 0 Å². The molecule has 0 aliphatic heterocycles. The molecule has 0 unspecified atom stereocenters. The first-order valence-corrected chi connectivity index (χ1v) is 3.83. The molecule has 0 amide bonds. The fourth-order valence-corrected chi connectivity index (χ4v) is 0.880. The number of hydrogen-bond acceptors (Lipinski definition) is 2. The van der Waals surface area contributed by atoms with Crippen LogP contribution in [0, 0.1) is 5.41 Å². The van der Waals surface area contributed by atoms with E-state index in [0.29, 0.717) is 12.4 Å². The highest BCUT2D eigenvalue weighted by molar-refractivity contribution is 5.75. The molecular weight excluding hydrogens is 152 g/mol. The van der Waals surface area contributed by atoms with Crippen molar-refractivity contribution in [2.75, 3.05) is 7.05 Å². The Bertz CT molecular complexity index is 276. The van der Waals surface area contributed by atoms with E-state index in [1.165, 1.54) is 0 Å². The summed E-state index contributed by atoms with van der Waals surface area (Å²) in [6.45, 7) is 2.46. The highest BCUT2D eigenvalue weighted by Crippen LogP contribution is 1.98. The zero-order chi connectivity index (χ0) is 9.14. The van der Waals surface area contributed by atoms with Gasteiger partial charge >= 0.3 is 0 Å². The second-order valence-electron chi connectivity index (χ2n) is 2.90. The van der Waals surface area contributed by atoms with E-state index in [9.17, 15) is 0 Å². The fourth-order valence-electron chi connectivity index (χ4n) is 0.880. The lowest BCUT2D eigenvalue weighted by Gasteiger charge is -2.16. The molecule has 1 rings (SSSR count). The summed E-state index contributed by atoms with van der Waals surface area (Å²) in [4.78, 5) is 6.01. The molecular formula is C8H14N4. The van der Waals surface area contributed by atoms with E-state index < -0.39 is 0 Å². The molecule has 12 heavy (non-hydrogen) atoms. The van der Waals surface area contributed by atoms with Crippen LogP contribution in [0.2, 0.25) is 0 Å². The van der Waals surface area contributed by atoms with Crippen molar-refractivity contribution in [3.05, 3.63) is 18.2 Å². The molecule has 0 atom stereocenters. The molecule has 0 saturated heterocycles. The van der Waals surface area contributed by atoms with Crippen molar-refractivity contribution in [3.63, 3.8) is 0 Å². The lowest BCUT2D eigenvalue weighted by atomic mass is 10.5. The van der Waals surface area contributed by atoms with Gasteiger partial charge in [-0.2, -0.15) is 0 Å². The van der Waals surface area contributed by atoms with Crippen LogP contribution in [0.15, 0.2) is 12.4 Å². The van der Waals surface area contributed by atoms with Crippen LogP contribution in [0.4, 0.5) is 0 Å². The van der Waals surface area contributed by atoms with Gasteiger partial charge in [0, 0.05) is 26.5 Å².